The third-order valence-electron chi connectivity index (χ3n) is 4.63. The van der Waals surface area contributed by atoms with Crippen molar-refractivity contribution >= 4 is 35.9 Å². The van der Waals surface area contributed by atoms with E-state index < -0.39 is 12.0 Å². The molecule has 150 valence electrons. The first-order chi connectivity index (χ1) is 12.5. The van der Waals surface area contributed by atoms with Gasteiger partial charge in [-0.05, 0) is 31.4 Å². The summed E-state index contributed by atoms with van der Waals surface area (Å²) in [6.07, 6.45) is 2.45. The first-order valence-corrected chi connectivity index (χ1v) is 9.11. The maximum Gasteiger partial charge on any atom is 0.320 e. The molecule has 1 aromatic carbocycles. The molecule has 0 saturated carbocycles. The van der Waals surface area contributed by atoms with Gasteiger partial charge in [0.25, 0.3) is 0 Å². The fourth-order valence-electron chi connectivity index (χ4n) is 3.08. The van der Waals surface area contributed by atoms with E-state index in [0.717, 1.165) is 12.1 Å². The largest absolute Gasteiger partial charge is 0.480 e. The number of aliphatic carboxylic acids is 1. The molecule has 2 rings (SSSR count). The number of piperidine rings is 1. The average molecular weight is 398 g/mol. The maximum atomic E-state index is 12.3. The molecular weight excluding hydrogens is 370 g/mol. The van der Waals surface area contributed by atoms with E-state index in [2.05, 4.69) is 10.6 Å². The van der Waals surface area contributed by atoms with Crippen LogP contribution in [0, 0.1) is 5.92 Å². The van der Waals surface area contributed by atoms with Gasteiger partial charge in [0.15, 0.2) is 0 Å². The van der Waals surface area contributed by atoms with Crippen molar-refractivity contribution in [1.29, 1.82) is 0 Å². The van der Waals surface area contributed by atoms with E-state index in [0.29, 0.717) is 32.4 Å². The fraction of sp³-hybridized carbons (Fsp3) is 0.526. The number of carboxylic acids is 1. The van der Waals surface area contributed by atoms with Crippen LogP contribution in [0.5, 0.6) is 0 Å². The van der Waals surface area contributed by atoms with Crippen molar-refractivity contribution in [2.24, 2.45) is 5.92 Å². The van der Waals surface area contributed by atoms with Crippen LogP contribution in [0.1, 0.15) is 32.6 Å². The van der Waals surface area contributed by atoms with Gasteiger partial charge < -0.3 is 15.3 Å². The van der Waals surface area contributed by atoms with Gasteiger partial charge in [0.2, 0.25) is 11.8 Å². The highest BCUT2D eigenvalue weighted by Crippen LogP contribution is 2.19. The second-order valence-electron chi connectivity index (χ2n) is 6.57. The lowest BCUT2D eigenvalue weighted by Crippen LogP contribution is -2.47. The first kappa shape index (κ1) is 22.9. The number of carbonyl (C=O) groups is 3. The Labute approximate surface area is 165 Å². The third-order valence-corrected chi connectivity index (χ3v) is 4.63. The first-order valence-electron chi connectivity index (χ1n) is 9.11. The van der Waals surface area contributed by atoms with Gasteiger partial charge in [0, 0.05) is 24.7 Å². The Bertz CT molecular complexity index is 619. The lowest BCUT2D eigenvalue weighted by atomic mass is 9.95. The van der Waals surface area contributed by atoms with Crippen LogP contribution >= 0.6 is 12.4 Å². The molecule has 1 heterocycles. The molecule has 3 N–H and O–H groups in total. The highest BCUT2D eigenvalue weighted by Gasteiger charge is 2.28. The number of amides is 2. The summed E-state index contributed by atoms with van der Waals surface area (Å²) in [5, 5.41) is 14.8. The van der Waals surface area contributed by atoms with Crippen molar-refractivity contribution in [3.8, 4) is 0 Å². The molecular formula is C19H28ClN3O4. The average Bonchev–Trinajstić information content (AvgIpc) is 2.65. The summed E-state index contributed by atoms with van der Waals surface area (Å²) < 4.78 is 0. The standard InChI is InChI=1S/C19H27N3O4.ClH/c1-2-6-16(19(25)26)20-13-17(23)22-11-9-14(10-12-22)18(24)21-15-7-4-3-5-8-15;/h3-5,7-8,14,16,20H,2,6,9-13H2,1H3,(H,21,24)(H,25,26);1H. The molecule has 0 aliphatic carbocycles. The van der Waals surface area contributed by atoms with E-state index >= 15 is 0 Å². The van der Waals surface area contributed by atoms with Crippen LogP contribution in [-0.4, -0.2) is 53.5 Å². The Hall–Kier alpha value is -2.12. The zero-order valence-electron chi connectivity index (χ0n) is 15.5. The van der Waals surface area contributed by atoms with Crippen molar-refractivity contribution in [3.63, 3.8) is 0 Å². The molecule has 1 unspecified atom stereocenters. The minimum Gasteiger partial charge on any atom is -0.480 e. The zero-order chi connectivity index (χ0) is 18.9. The summed E-state index contributed by atoms with van der Waals surface area (Å²) in [7, 11) is 0. The number of para-hydroxylation sites is 1. The fourth-order valence-corrected chi connectivity index (χ4v) is 3.08. The van der Waals surface area contributed by atoms with E-state index in [1.807, 2.05) is 37.3 Å². The SMILES string of the molecule is CCCC(NCC(=O)N1CCC(C(=O)Nc2ccccc2)CC1)C(=O)O.Cl. The lowest BCUT2D eigenvalue weighted by Gasteiger charge is -2.31. The van der Waals surface area contributed by atoms with Crippen molar-refractivity contribution in [3.05, 3.63) is 30.3 Å². The van der Waals surface area contributed by atoms with Crippen LogP contribution in [0.15, 0.2) is 30.3 Å². The van der Waals surface area contributed by atoms with Crippen LogP contribution in [0.3, 0.4) is 0 Å². The number of anilines is 1. The van der Waals surface area contributed by atoms with Gasteiger partial charge in [-0.2, -0.15) is 0 Å². The van der Waals surface area contributed by atoms with Gasteiger partial charge in [0.1, 0.15) is 6.04 Å². The van der Waals surface area contributed by atoms with Crippen LogP contribution in [0.2, 0.25) is 0 Å². The molecule has 1 aromatic rings. The van der Waals surface area contributed by atoms with Gasteiger partial charge in [-0.25, -0.2) is 0 Å². The smallest absolute Gasteiger partial charge is 0.320 e. The summed E-state index contributed by atoms with van der Waals surface area (Å²) >= 11 is 0. The number of nitrogens with one attached hydrogen (secondary N) is 2. The van der Waals surface area contributed by atoms with E-state index in [-0.39, 0.29) is 36.7 Å². The number of carboxylic acid groups (broad SMARTS) is 1. The van der Waals surface area contributed by atoms with Crippen molar-refractivity contribution < 1.29 is 19.5 Å². The van der Waals surface area contributed by atoms with Gasteiger partial charge in [-0.1, -0.05) is 31.5 Å². The highest BCUT2D eigenvalue weighted by atomic mass is 35.5. The van der Waals surface area contributed by atoms with Crippen LogP contribution < -0.4 is 10.6 Å². The van der Waals surface area contributed by atoms with Crippen LogP contribution in [-0.2, 0) is 14.4 Å². The molecule has 27 heavy (non-hydrogen) atoms. The second-order valence-corrected chi connectivity index (χ2v) is 6.57. The molecule has 2 amide bonds. The predicted molar refractivity (Wildman–Crippen MR) is 106 cm³/mol. The minimum atomic E-state index is -0.934. The van der Waals surface area contributed by atoms with Gasteiger partial charge in [-0.3, -0.25) is 19.7 Å². The number of hydrogen-bond donors (Lipinski definition) is 3. The molecule has 0 spiro atoms. The Morgan fingerprint density at radius 3 is 2.37 bits per heavy atom. The Kier molecular flexibility index (Phi) is 9.82. The van der Waals surface area contributed by atoms with Crippen LogP contribution in [0.25, 0.3) is 0 Å². The number of rotatable bonds is 8. The molecule has 8 heteroatoms. The van der Waals surface area contributed by atoms with E-state index in [4.69, 9.17) is 5.11 Å². The van der Waals surface area contributed by atoms with Crippen LogP contribution in [0.4, 0.5) is 5.69 Å². The number of halogens is 1. The molecule has 1 aliphatic rings. The Morgan fingerprint density at radius 2 is 1.81 bits per heavy atom. The summed E-state index contributed by atoms with van der Waals surface area (Å²) in [6.45, 7) is 2.94. The molecule has 1 atom stereocenters. The van der Waals surface area contributed by atoms with E-state index in [1.54, 1.807) is 4.90 Å². The minimum absolute atomic E-state index is 0. The lowest BCUT2D eigenvalue weighted by molar-refractivity contribution is -0.140. The second kappa shape index (κ2) is 11.6. The summed E-state index contributed by atoms with van der Waals surface area (Å²) in [5.41, 5.74) is 0.774. The van der Waals surface area contributed by atoms with Gasteiger partial charge >= 0.3 is 5.97 Å². The predicted octanol–water partition coefficient (Wildman–Crippen LogP) is 2.13. The van der Waals surface area contributed by atoms with Crippen molar-refractivity contribution in [2.75, 3.05) is 25.0 Å². The Balaban J connectivity index is 0.00000364. The molecule has 1 aliphatic heterocycles. The number of benzene rings is 1. The number of nitrogens with zero attached hydrogens (tertiary/aromatic N) is 1. The molecule has 0 bridgehead atoms. The van der Waals surface area contributed by atoms with Crippen molar-refractivity contribution in [2.45, 2.75) is 38.6 Å². The summed E-state index contributed by atoms with van der Waals surface area (Å²) in [5.74, 6) is -1.18. The molecule has 1 saturated heterocycles. The van der Waals surface area contributed by atoms with Crippen molar-refractivity contribution in [1.82, 2.24) is 10.2 Å². The Morgan fingerprint density at radius 1 is 1.19 bits per heavy atom. The van der Waals surface area contributed by atoms with Gasteiger partial charge in [-0.15, -0.1) is 12.4 Å². The molecule has 7 nitrogen and oxygen atoms in total. The molecule has 1 fully saturated rings. The summed E-state index contributed by atoms with van der Waals surface area (Å²) in [6, 6.07) is 8.62. The number of carbonyl (C=O) groups excluding carboxylic acids is 2. The number of likely N-dealkylation sites (tertiary alicyclic amines) is 1. The number of hydrogen-bond acceptors (Lipinski definition) is 4. The highest BCUT2D eigenvalue weighted by molar-refractivity contribution is 5.92. The van der Waals surface area contributed by atoms with E-state index in [1.165, 1.54) is 0 Å². The summed E-state index contributed by atoms with van der Waals surface area (Å²) in [4.78, 5) is 37.4. The zero-order valence-corrected chi connectivity index (χ0v) is 16.3. The quantitative estimate of drug-likeness (QED) is 0.624. The normalized spacial score (nSPS) is 15.5. The molecule has 0 radical (unpaired) electrons. The van der Waals surface area contributed by atoms with Gasteiger partial charge in [0.05, 0.1) is 6.54 Å². The maximum absolute atomic E-state index is 12.3. The topological polar surface area (TPSA) is 98.7 Å². The monoisotopic (exact) mass is 397 g/mol. The third kappa shape index (κ3) is 7.19. The molecule has 0 aromatic heterocycles. The van der Waals surface area contributed by atoms with E-state index in [9.17, 15) is 14.4 Å².